The van der Waals surface area contributed by atoms with Crippen molar-refractivity contribution in [1.29, 1.82) is 0 Å². The molecule has 4 heteroatoms. The molecule has 8 heavy (non-hydrogen) atoms. The van der Waals surface area contributed by atoms with Crippen molar-refractivity contribution >= 4 is 17.7 Å². The number of hydrogen-bond acceptors (Lipinski definition) is 3. The van der Waals surface area contributed by atoms with E-state index in [1.54, 1.807) is 11.8 Å². The van der Waals surface area contributed by atoms with Crippen molar-refractivity contribution in [2.75, 3.05) is 5.75 Å². The molecule has 0 aliphatic carbocycles. The minimum atomic E-state index is 0.154. The second kappa shape index (κ2) is 1.39. The van der Waals surface area contributed by atoms with Gasteiger partial charge in [-0.3, -0.25) is 10.1 Å². The summed E-state index contributed by atoms with van der Waals surface area (Å²) in [6.45, 7) is 0. The first-order valence-corrected chi connectivity index (χ1v) is 3.58. The molecule has 2 rings (SSSR count). The SMILES string of the molecule is O=C1CSC2NC2N1. The molecule has 2 saturated heterocycles. The summed E-state index contributed by atoms with van der Waals surface area (Å²) in [4.78, 5) is 10.5. The summed E-state index contributed by atoms with van der Waals surface area (Å²) in [6.07, 6.45) is 0.293. The summed E-state index contributed by atoms with van der Waals surface area (Å²) in [6, 6.07) is 0. The van der Waals surface area contributed by atoms with Crippen molar-refractivity contribution in [3.63, 3.8) is 0 Å². The van der Waals surface area contributed by atoms with E-state index in [-0.39, 0.29) is 5.91 Å². The maximum Gasteiger partial charge on any atom is 0.231 e. The van der Waals surface area contributed by atoms with Crippen LogP contribution >= 0.6 is 11.8 Å². The number of nitrogens with one attached hydrogen (secondary N) is 2. The molecular weight excluding hydrogens is 124 g/mol. The number of thioether (sulfide) groups is 1. The lowest BCUT2D eigenvalue weighted by molar-refractivity contribution is -0.118. The van der Waals surface area contributed by atoms with E-state index in [4.69, 9.17) is 0 Å². The Morgan fingerprint density at radius 2 is 2.62 bits per heavy atom. The lowest BCUT2D eigenvalue weighted by atomic mass is 10.6. The monoisotopic (exact) mass is 130 g/mol. The molecule has 0 radical (unpaired) electrons. The summed E-state index contributed by atoms with van der Waals surface area (Å²) in [5.74, 6) is 0.773. The van der Waals surface area contributed by atoms with Crippen molar-refractivity contribution < 1.29 is 4.79 Å². The van der Waals surface area contributed by atoms with Crippen molar-refractivity contribution in [1.82, 2.24) is 10.6 Å². The summed E-state index contributed by atoms with van der Waals surface area (Å²) >= 11 is 1.68. The molecule has 2 aliphatic rings. The zero-order valence-electron chi connectivity index (χ0n) is 4.18. The Hall–Kier alpha value is -0.220. The Labute approximate surface area is 51.2 Å². The van der Waals surface area contributed by atoms with Gasteiger partial charge in [-0.2, -0.15) is 0 Å². The van der Waals surface area contributed by atoms with E-state index in [1.165, 1.54) is 0 Å². The minimum absolute atomic E-state index is 0.154. The van der Waals surface area contributed by atoms with Gasteiger partial charge in [-0.05, 0) is 0 Å². The van der Waals surface area contributed by atoms with Crippen LogP contribution in [0.1, 0.15) is 0 Å². The van der Waals surface area contributed by atoms with Crippen LogP contribution in [0.4, 0.5) is 0 Å². The van der Waals surface area contributed by atoms with E-state index in [0.717, 1.165) is 0 Å². The molecule has 1 amide bonds. The van der Waals surface area contributed by atoms with Crippen LogP contribution in [0.15, 0.2) is 0 Å². The van der Waals surface area contributed by atoms with Crippen LogP contribution in [0, 0.1) is 0 Å². The van der Waals surface area contributed by atoms with Crippen molar-refractivity contribution in [3.8, 4) is 0 Å². The van der Waals surface area contributed by atoms with Gasteiger partial charge in [0.15, 0.2) is 0 Å². The quantitative estimate of drug-likeness (QED) is 0.418. The molecule has 0 aromatic rings. The largest absolute Gasteiger partial charge is 0.338 e. The lowest BCUT2D eigenvalue weighted by Gasteiger charge is -2.05. The molecule has 2 heterocycles. The first-order valence-electron chi connectivity index (χ1n) is 2.53. The third-order valence-electron chi connectivity index (χ3n) is 1.25. The maximum atomic E-state index is 10.5. The Kier molecular flexibility index (Phi) is 0.804. The van der Waals surface area contributed by atoms with Crippen LogP contribution in [-0.4, -0.2) is 23.2 Å². The molecule has 2 atom stereocenters. The molecular formula is C4H6N2OS. The minimum Gasteiger partial charge on any atom is -0.338 e. The third kappa shape index (κ3) is 0.605. The van der Waals surface area contributed by atoms with Gasteiger partial charge in [0.05, 0.1) is 11.1 Å². The molecule has 0 aromatic carbocycles. The van der Waals surface area contributed by atoms with Gasteiger partial charge in [-0.25, -0.2) is 0 Å². The zero-order chi connectivity index (χ0) is 5.56. The number of carbonyl (C=O) groups excluding carboxylic acids is 1. The first kappa shape index (κ1) is 4.64. The van der Waals surface area contributed by atoms with Gasteiger partial charge in [-0.1, -0.05) is 0 Å². The Bertz CT molecular complexity index is 138. The summed E-state index contributed by atoms with van der Waals surface area (Å²) < 4.78 is 0. The van der Waals surface area contributed by atoms with Crippen LogP contribution in [0.3, 0.4) is 0 Å². The lowest BCUT2D eigenvalue weighted by Crippen LogP contribution is -2.33. The molecule has 3 nitrogen and oxygen atoms in total. The van der Waals surface area contributed by atoms with Crippen LogP contribution in [0.25, 0.3) is 0 Å². The van der Waals surface area contributed by atoms with Gasteiger partial charge < -0.3 is 5.32 Å². The topological polar surface area (TPSA) is 51.0 Å². The highest BCUT2D eigenvalue weighted by atomic mass is 32.2. The Morgan fingerprint density at radius 3 is 3.25 bits per heavy atom. The smallest absolute Gasteiger partial charge is 0.231 e. The molecule has 0 aromatic heterocycles. The van der Waals surface area contributed by atoms with Gasteiger partial charge in [-0.15, -0.1) is 11.8 Å². The molecule has 0 bridgehead atoms. The zero-order valence-corrected chi connectivity index (χ0v) is 4.99. The highest BCUT2D eigenvalue weighted by molar-refractivity contribution is 8.00. The van der Waals surface area contributed by atoms with Crippen molar-refractivity contribution in [3.05, 3.63) is 0 Å². The van der Waals surface area contributed by atoms with Crippen LogP contribution in [0.2, 0.25) is 0 Å². The Balaban J connectivity index is 2.02. The molecule has 44 valence electrons. The standard InChI is InChI=1S/C4H6N2OS/c7-2-1-8-4-3(5-2)6-4/h3-4,6H,1H2,(H,5,7). The number of fused-ring (bicyclic) bond motifs is 1. The molecule has 2 N–H and O–H groups in total. The second-order valence-corrected chi connectivity index (χ2v) is 3.07. The fourth-order valence-corrected chi connectivity index (χ4v) is 1.68. The van der Waals surface area contributed by atoms with Gasteiger partial charge >= 0.3 is 0 Å². The van der Waals surface area contributed by atoms with Crippen LogP contribution < -0.4 is 10.6 Å². The van der Waals surface area contributed by atoms with E-state index in [1.807, 2.05) is 0 Å². The highest BCUT2D eigenvalue weighted by Gasteiger charge is 2.41. The van der Waals surface area contributed by atoms with E-state index in [0.29, 0.717) is 17.3 Å². The van der Waals surface area contributed by atoms with Crippen LogP contribution in [-0.2, 0) is 4.79 Å². The normalized spacial score (nSPS) is 42.8. The summed E-state index contributed by atoms with van der Waals surface area (Å²) in [5.41, 5.74) is 0. The fraction of sp³-hybridized carbons (Fsp3) is 0.750. The fourth-order valence-electron chi connectivity index (χ4n) is 0.764. The average Bonchev–Trinajstić information content (AvgIpc) is 2.43. The van der Waals surface area contributed by atoms with Crippen molar-refractivity contribution in [2.45, 2.75) is 11.5 Å². The van der Waals surface area contributed by atoms with E-state index in [9.17, 15) is 4.79 Å². The van der Waals surface area contributed by atoms with Gasteiger partial charge in [0.25, 0.3) is 0 Å². The molecule has 0 spiro atoms. The molecule has 2 aliphatic heterocycles. The third-order valence-corrected chi connectivity index (χ3v) is 2.44. The summed E-state index contributed by atoms with van der Waals surface area (Å²) in [5, 5.41) is 6.40. The highest BCUT2D eigenvalue weighted by Crippen LogP contribution is 2.25. The number of carbonyl (C=O) groups is 1. The predicted molar refractivity (Wildman–Crippen MR) is 31.3 cm³/mol. The van der Waals surface area contributed by atoms with E-state index >= 15 is 0 Å². The van der Waals surface area contributed by atoms with Gasteiger partial charge in [0.1, 0.15) is 6.17 Å². The molecule has 0 saturated carbocycles. The molecule has 2 unspecified atom stereocenters. The van der Waals surface area contributed by atoms with E-state index < -0.39 is 0 Å². The maximum absolute atomic E-state index is 10.5. The first-order chi connectivity index (χ1) is 3.86. The van der Waals surface area contributed by atoms with Crippen molar-refractivity contribution in [2.24, 2.45) is 0 Å². The summed E-state index contributed by atoms with van der Waals surface area (Å²) in [7, 11) is 0. The Morgan fingerprint density at radius 1 is 1.75 bits per heavy atom. The number of rotatable bonds is 0. The predicted octanol–water partition coefficient (Wildman–Crippen LogP) is -0.895. The number of hydrogen-bond donors (Lipinski definition) is 2. The van der Waals surface area contributed by atoms with Gasteiger partial charge in [0, 0.05) is 0 Å². The van der Waals surface area contributed by atoms with Crippen LogP contribution in [0.5, 0.6) is 0 Å². The average molecular weight is 130 g/mol. The van der Waals surface area contributed by atoms with E-state index in [2.05, 4.69) is 10.6 Å². The molecule has 2 fully saturated rings. The van der Waals surface area contributed by atoms with Gasteiger partial charge in [0.2, 0.25) is 5.91 Å². The second-order valence-electron chi connectivity index (χ2n) is 1.94. The number of amides is 1.